The highest BCUT2D eigenvalue weighted by Gasteiger charge is 2.27. The van der Waals surface area contributed by atoms with Gasteiger partial charge in [-0.25, -0.2) is 9.97 Å². The van der Waals surface area contributed by atoms with Gasteiger partial charge in [-0.2, -0.15) is 0 Å². The van der Waals surface area contributed by atoms with Crippen LogP contribution in [0, 0.1) is 6.92 Å². The van der Waals surface area contributed by atoms with Gasteiger partial charge in [0.2, 0.25) is 0 Å². The van der Waals surface area contributed by atoms with E-state index in [1.165, 1.54) is 6.92 Å². The summed E-state index contributed by atoms with van der Waals surface area (Å²) in [6, 6.07) is 0.126. The van der Waals surface area contributed by atoms with Gasteiger partial charge < -0.3 is 0 Å². The van der Waals surface area contributed by atoms with Crippen molar-refractivity contribution in [1.82, 2.24) is 14.5 Å². The third-order valence-corrected chi connectivity index (χ3v) is 4.92. The average molecular weight is 327 g/mol. The van der Waals surface area contributed by atoms with E-state index in [4.69, 9.17) is 4.98 Å². The minimum Gasteiger partial charge on any atom is -0.294 e. The van der Waals surface area contributed by atoms with E-state index in [0.717, 1.165) is 36.9 Å². The molecule has 0 aromatic carbocycles. The topological polar surface area (TPSA) is 64.8 Å². The normalized spacial score (nSPS) is 16.0. The molecule has 0 N–H and O–H groups in total. The highest BCUT2D eigenvalue weighted by Crippen LogP contribution is 2.32. The Morgan fingerprint density at radius 3 is 2.42 bits per heavy atom. The minimum absolute atomic E-state index is 0.126. The zero-order chi connectivity index (χ0) is 17.6. The van der Waals surface area contributed by atoms with Crippen molar-refractivity contribution >= 4 is 16.8 Å². The fourth-order valence-electron chi connectivity index (χ4n) is 3.61. The van der Waals surface area contributed by atoms with E-state index in [-0.39, 0.29) is 28.4 Å². The molecular weight excluding hydrogens is 302 g/mol. The lowest BCUT2D eigenvalue weighted by atomic mass is 9.95. The van der Waals surface area contributed by atoms with E-state index in [1.807, 2.05) is 6.92 Å². The summed E-state index contributed by atoms with van der Waals surface area (Å²) in [4.78, 5) is 34.4. The Hall–Kier alpha value is -2.04. The van der Waals surface area contributed by atoms with Crippen molar-refractivity contribution in [3.63, 3.8) is 0 Å². The molecule has 0 radical (unpaired) electrons. The molecular formula is C19H25N3O2. The number of carbonyl (C=O) groups is 1. The number of nitrogens with zero attached hydrogens (tertiary/aromatic N) is 3. The summed E-state index contributed by atoms with van der Waals surface area (Å²) < 4.78 is 1.77. The van der Waals surface area contributed by atoms with Crippen LogP contribution >= 0.6 is 0 Å². The van der Waals surface area contributed by atoms with Crippen LogP contribution in [0.2, 0.25) is 0 Å². The molecule has 1 aliphatic rings. The molecule has 2 aromatic rings. The molecule has 1 saturated carbocycles. The van der Waals surface area contributed by atoms with Gasteiger partial charge in [-0.3, -0.25) is 14.2 Å². The van der Waals surface area contributed by atoms with Gasteiger partial charge in [-0.05, 0) is 32.3 Å². The van der Waals surface area contributed by atoms with Crippen molar-refractivity contribution in [3.8, 4) is 0 Å². The first-order valence-electron chi connectivity index (χ1n) is 8.65. The number of Topliss-reactive ketones (excluding diaryl/α,β-unsaturated/α-hetero) is 1. The van der Waals surface area contributed by atoms with Crippen LogP contribution in [-0.4, -0.2) is 20.3 Å². The second-order valence-corrected chi connectivity index (χ2v) is 7.85. The molecule has 5 heteroatoms. The minimum atomic E-state index is -0.197. The molecule has 0 spiro atoms. The Morgan fingerprint density at radius 1 is 1.25 bits per heavy atom. The predicted molar refractivity (Wildman–Crippen MR) is 94.7 cm³/mol. The third kappa shape index (κ3) is 2.66. The smallest absolute Gasteiger partial charge is 0.263 e. The van der Waals surface area contributed by atoms with Gasteiger partial charge in [0, 0.05) is 23.0 Å². The van der Waals surface area contributed by atoms with Crippen LogP contribution in [0.4, 0.5) is 0 Å². The van der Waals surface area contributed by atoms with E-state index in [9.17, 15) is 9.59 Å². The molecule has 3 rings (SSSR count). The summed E-state index contributed by atoms with van der Waals surface area (Å²) in [5.74, 6) is 0.530. The zero-order valence-electron chi connectivity index (χ0n) is 15.1. The van der Waals surface area contributed by atoms with Crippen molar-refractivity contribution in [3.05, 3.63) is 33.5 Å². The number of aromatic nitrogens is 3. The predicted octanol–water partition coefficient (Wildman–Crippen LogP) is 3.72. The molecule has 0 amide bonds. The average Bonchev–Trinajstić information content (AvgIpc) is 2.99. The van der Waals surface area contributed by atoms with Gasteiger partial charge in [0.1, 0.15) is 11.5 Å². The number of carbonyl (C=O) groups excluding carboxylic acids is 1. The van der Waals surface area contributed by atoms with Crippen LogP contribution in [0.15, 0.2) is 11.0 Å². The van der Waals surface area contributed by atoms with Gasteiger partial charge in [-0.1, -0.05) is 33.6 Å². The summed E-state index contributed by atoms with van der Waals surface area (Å²) in [7, 11) is 0. The van der Waals surface area contributed by atoms with Gasteiger partial charge in [0.05, 0.1) is 5.56 Å². The number of hydrogen-bond donors (Lipinski definition) is 0. The maximum absolute atomic E-state index is 13.1. The maximum atomic E-state index is 13.1. The van der Waals surface area contributed by atoms with Crippen LogP contribution in [0.1, 0.15) is 81.2 Å². The lowest BCUT2D eigenvalue weighted by Crippen LogP contribution is -2.31. The molecule has 0 aliphatic heterocycles. The quantitative estimate of drug-likeness (QED) is 0.789. The highest BCUT2D eigenvalue weighted by atomic mass is 16.1. The molecule has 5 nitrogen and oxygen atoms in total. The second kappa shape index (κ2) is 5.80. The first kappa shape index (κ1) is 16.8. The van der Waals surface area contributed by atoms with Gasteiger partial charge >= 0.3 is 0 Å². The maximum Gasteiger partial charge on any atom is 0.263 e. The monoisotopic (exact) mass is 327 g/mol. The molecule has 2 aromatic heterocycles. The number of pyridine rings is 1. The lowest BCUT2D eigenvalue weighted by molar-refractivity contribution is 0.101. The van der Waals surface area contributed by atoms with Crippen LogP contribution < -0.4 is 5.56 Å². The Labute approximate surface area is 142 Å². The van der Waals surface area contributed by atoms with E-state index in [1.54, 1.807) is 10.8 Å². The number of rotatable bonds is 2. The number of hydrogen-bond acceptors (Lipinski definition) is 4. The zero-order valence-corrected chi connectivity index (χ0v) is 15.1. The fraction of sp³-hybridized carbons (Fsp3) is 0.579. The van der Waals surface area contributed by atoms with E-state index in [2.05, 4.69) is 25.8 Å². The Balaban J connectivity index is 2.42. The van der Waals surface area contributed by atoms with Crippen molar-refractivity contribution in [2.45, 2.75) is 71.8 Å². The Bertz CT molecular complexity index is 869. The fourth-order valence-corrected chi connectivity index (χ4v) is 3.61. The van der Waals surface area contributed by atoms with Gasteiger partial charge in [0.15, 0.2) is 5.78 Å². The largest absolute Gasteiger partial charge is 0.294 e. The van der Waals surface area contributed by atoms with Crippen LogP contribution in [-0.2, 0) is 5.41 Å². The summed E-state index contributed by atoms with van der Waals surface area (Å²) in [5.41, 5.74) is 1.25. The molecule has 0 atom stereocenters. The van der Waals surface area contributed by atoms with Crippen LogP contribution in [0.25, 0.3) is 11.0 Å². The molecule has 2 heterocycles. The van der Waals surface area contributed by atoms with Crippen molar-refractivity contribution < 1.29 is 4.79 Å². The van der Waals surface area contributed by atoms with E-state index >= 15 is 0 Å². The number of fused-ring (bicyclic) bond motifs is 1. The lowest BCUT2D eigenvalue weighted by Gasteiger charge is -2.22. The highest BCUT2D eigenvalue weighted by molar-refractivity contribution is 5.99. The summed E-state index contributed by atoms with van der Waals surface area (Å²) in [6.45, 7) is 9.45. The van der Waals surface area contributed by atoms with E-state index in [0.29, 0.717) is 11.2 Å². The summed E-state index contributed by atoms with van der Waals surface area (Å²) in [5, 5.41) is 0.805. The third-order valence-electron chi connectivity index (χ3n) is 4.92. The Kier molecular flexibility index (Phi) is 4.06. The molecule has 1 fully saturated rings. The van der Waals surface area contributed by atoms with Crippen LogP contribution in [0.3, 0.4) is 0 Å². The van der Waals surface area contributed by atoms with Crippen molar-refractivity contribution in [1.29, 1.82) is 0 Å². The van der Waals surface area contributed by atoms with E-state index < -0.39 is 0 Å². The molecule has 24 heavy (non-hydrogen) atoms. The first-order valence-corrected chi connectivity index (χ1v) is 8.65. The first-order chi connectivity index (χ1) is 11.2. The summed E-state index contributed by atoms with van der Waals surface area (Å²) >= 11 is 0. The standard InChI is InChI=1S/C19H25N3O2/c1-11-14-10-20-18(19(3,4)5)21-16(14)22(13-8-6-7-9-13)17(24)15(11)12(2)23/h10,13H,6-9H2,1-5H3. The van der Waals surface area contributed by atoms with Gasteiger partial charge in [-0.15, -0.1) is 0 Å². The SMILES string of the molecule is CC(=O)c1c(C)c2cnc(C(C)(C)C)nc2n(C2CCCC2)c1=O. The summed E-state index contributed by atoms with van der Waals surface area (Å²) in [6.07, 6.45) is 5.92. The number of ketones is 1. The Morgan fingerprint density at radius 2 is 1.88 bits per heavy atom. The van der Waals surface area contributed by atoms with Crippen LogP contribution in [0.5, 0.6) is 0 Å². The molecule has 0 unspecified atom stereocenters. The van der Waals surface area contributed by atoms with Gasteiger partial charge in [0.25, 0.3) is 5.56 Å². The second-order valence-electron chi connectivity index (χ2n) is 7.85. The molecule has 0 bridgehead atoms. The molecule has 1 aliphatic carbocycles. The van der Waals surface area contributed by atoms with Crippen molar-refractivity contribution in [2.75, 3.05) is 0 Å². The molecule has 128 valence electrons. The number of aryl methyl sites for hydroxylation is 1. The van der Waals surface area contributed by atoms with Crippen molar-refractivity contribution in [2.24, 2.45) is 0 Å². The molecule has 0 saturated heterocycles.